The maximum Gasteiger partial charge on any atom is 2.00 e. The van der Waals surface area contributed by atoms with Gasteiger partial charge in [-0.2, -0.15) is 28.9 Å². The van der Waals surface area contributed by atoms with Crippen molar-refractivity contribution >= 4 is 0 Å². The molecule has 0 radical (unpaired) electrons. The number of aromatic nitrogens is 4. The molecule has 0 aliphatic carbocycles. The van der Waals surface area contributed by atoms with Crippen molar-refractivity contribution in [1.29, 1.82) is 0 Å². The maximum absolute atomic E-state index is 5.16. The van der Waals surface area contributed by atoms with Crippen molar-refractivity contribution < 1.29 is 21.1 Å². The second-order valence-corrected chi connectivity index (χ2v) is 12.4. The summed E-state index contributed by atoms with van der Waals surface area (Å²) in [6, 6.07) is 21.5. The largest absolute Gasteiger partial charge is 2.00 e. The molecule has 0 unspecified atom stereocenters. The summed E-state index contributed by atoms with van der Waals surface area (Å²) in [6.07, 6.45) is 2.02. The summed E-state index contributed by atoms with van der Waals surface area (Å²) in [7, 11) is 0. The fourth-order valence-electron chi connectivity index (χ4n) is 4.28. The van der Waals surface area contributed by atoms with Crippen LogP contribution in [-0.4, -0.2) is 19.7 Å². The summed E-state index contributed by atoms with van der Waals surface area (Å²) in [6.45, 7) is 21.8. The Bertz CT molecular complexity index is 1400. The fraction of sp³-hybridized carbons (Fsp3) is 0.406. The Hall–Kier alpha value is -2.58. The average Bonchev–Trinajstić information content (AvgIpc) is 3.29. The van der Waals surface area contributed by atoms with Crippen molar-refractivity contribution in [2.75, 3.05) is 0 Å². The van der Waals surface area contributed by atoms with Crippen molar-refractivity contribution in [2.45, 2.75) is 85.5 Å². The van der Waals surface area contributed by atoms with Crippen LogP contribution < -0.4 is 0 Å². The number of hydrogen-bond donors (Lipinski definition) is 0. The Morgan fingerprint density at radius 3 is 2.05 bits per heavy atom. The van der Waals surface area contributed by atoms with Crippen LogP contribution in [0.25, 0.3) is 16.9 Å². The van der Waals surface area contributed by atoms with E-state index in [2.05, 4.69) is 103 Å². The fourth-order valence-corrected chi connectivity index (χ4v) is 4.28. The maximum atomic E-state index is 5.16. The van der Waals surface area contributed by atoms with Crippen LogP contribution in [0, 0.1) is 26.0 Å². The van der Waals surface area contributed by atoms with Crippen molar-refractivity contribution in [1.82, 2.24) is 19.7 Å². The summed E-state index contributed by atoms with van der Waals surface area (Å²) < 4.78 is 1.92. The van der Waals surface area contributed by atoms with Crippen LogP contribution in [0.5, 0.6) is 0 Å². The van der Waals surface area contributed by atoms with Gasteiger partial charge in [-0.05, 0) is 65.1 Å². The van der Waals surface area contributed by atoms with Crippen LogP contribution in [0.2, 0.25) is 0 Å². The van der Waals surface area contributed by atoms with Crippen LogP contribution in [-0.2, 0) is 37.3 Å². The molecule has 1 aromatic carbocycles. The molecule has 3 aromatic heterocycles. The van der Waals surface area contributed by atoms with Gasteiger partial charge in [0, 0.05) is 11.9 Å². The predicted octanol–water partition coefficient (Wildman–Crippen LogP) is 7.46. The molecular weight excluding hydrogens is 635 g/mol. The zero-order chi connectivity index (χ0) is 26.5. The van der Waals surface area contributed by atoms with Crippen molar-refractivity contribution in [3.05, 3.63) is 94.7 Å². The van der Waals surface area contributed by atoms with Crippen molar-refractivity contribution in [2.24, 2.45) is 0 Å². The standard InChI is InChI=1S/C32H38N4.Pt/c1-21-14-15-26(22(2)33-21)27-19-24(31(6,7)8)20-29(34-27)32(9,10)28-16-17-36(35-28)25-13-11-12-23(18-25)30(3,4)5;/h11-12,14,16-20H,1-10H3;/q-2;+2. The number of pyridine rings is 2. The molecule has 4 nitrogen and oxygen atoms in total. The molecule has 0 saturated heterocycles. The zero-order valence-electron chi connectivity index (χ0n) is 23.7. The molecule has 3 heterocycles. The predicted molar refractivity (Wildman–Crippen MR) is 148 cm³/mol. The van der Waals surface area contributed by atoms with Crippen LogP contribution in [0.3, 0.4) is 0 Å². The molecule has 0 amide bonds. The zero-order valence-corrected chi connectivity index (χ0v) is 26.0. The van der Waals surface area contributed by atoms with Gasteiger partial charge in [-0.3, -0.25) is 4.68 Å². The van der Waals surface area contributed by atoms with Gasteiger partial charge in [0.1, 0.15) is 0 Å². The minimum absolute atomic E-state index is 0. The van der Waals surface area contributed by atoms with E-state index in [1.807, 2.05) is 36.9 Å². The molecule has 0 aliphatic rings. The first-order valence-corrected chi connectivity index (χ1v) is 12.6. The van der Waals surface area contributed by atoms with E-state index in [4.69, 9.17) is 10.1 Å². The average molecular weight is 674 g/mol. The third-order valence-electron chi connectivity index (χ3n) is 6.85. The van der Waals surface area contributed by atoms with Gasteiger partial charge in [-0.1, -0.05) is 61.5 Å². The van der Waals surface area contributed by atoms with Gasteiger partial charge >= 0.3 is 21.1 Å². The van der Waals surface area contributed by atoms with E-state index in [0.717, 1.165) is 39.7 Å². The second kappa shape index (κ2) is 10.3. The minimum Gasteiger partial charge on any atom is -0.354 e. The first-order valence-electron chi connectivity index (χ1n) is 12.6. The number of benzene rings is 1. The van der Waals surface area contributed by atoms with E-state index in [9.17, 15) is 0 Å². The Balaban J connectivity index is 0.00000380. The van der Waals surface area contributed by atoms with Gasteiger partial charge in [-0.25, -0.2) is 0 Å². The van der Waals surface area contributed by atoms with Crippen LogP contribution >= 0.6 is 0 Å². The molecule has 196 valence electrons. The van der Waals surface area contributed by atoms with E-state index in [0.29, 0.717) is 0 Å². The number of nitrogens with zero attached hydrogens (tertiary/aromatic N) is 4. The summed E-state index contributed by atoms with van der Waals surface area (Å²) in [5, 5.41) is 5.00. The summed E-state index contributed by atoms with van der Waals surface area (Å²) >= 11 is 0. The normalized spacial score (nSPS) is 12.4. The first kappa shape index (κ1) is 29.0. The molecule has 0 aliphatic heterocycles. The molecule has 5 heteroatoms. The quantitative estimate of drug-likeness (QED) is 0.211. The number of hydrogen-bond acceptors (Lipinski definition) is 3. The number of aryl methyl sites for hydroxylation is 2. The Morgan fingerprint density at radius 1 is 0.757 bits per heavy atom. The smallest absolute Gasteiger partial charge is 0.354 e. The molecule has 0 spiro atoms. The van der Waals surface area contributed by atoms with Gasteiger partial charge in [0.05, 0.1) is 11.1 Å². The molecule has 0 saturated carbocycles. The van der Waals surface area contributed by atoms with Gasteiger partial charge < -0.3 is 9.97 Å². The van der Waals surface area contributed by atoms with E-state index < -0.39 is 5.41 Å². The van der Waals surface area contributed by atoms with Gasteiger partial charge in [0.25, 0.3) is 0 Å². The van der Waals surface area contributed by atoms with Crippen LogP contribution in [0.1, 0.15) is 89.3 Å². The third-order valence-corrected chi connectivity index (χ3v) is 6.85. The summed E-state index contributed by atoms with van der Waals surface area (Å²) in [4.78, 5) is 9.82. The first-order chi connectivity index (χ1) is 16.7. The van der Waals surface area contributed by atoms with Crippen LogP contribution in [0.15, 0.2) is 48.7 Å². The van der Waals surface area contributed by atoms with Crippen LogP contribution in [0.4, 0.5) is 0 Å². The Labute approximate surface area is 237 Å². The molecular formula is C32H38N4Pt. The minimum atomic E-state index is -0.408. The van der Waals surface area contributed by atoms with Gasteiger partial charge in [0.2, 0.25) is 0 Å². The topological polar surface area (TPSA) is 43.6 Å². The van der Waals surface area contributed by atoms with E-state index in [-0.39, 0.29) is 31.9 Å². The summed E-state index contributed by atoms with van der Waals surface area (Å²) in [5.74, 6) is 0. The van der Waals surface area contributed by atoms with Crippen molar-refractivity contribution in [3.63, 3.8) is 0 Å². The molecule has 4 rings (SSSR count). The van der Waals surface area contributed by atoms with Crippen molar-refractivity contribution in [3.8, 4) is 16.9 Å². The van der Waals surface area contributed by atoms with Gasteiger partial charge in [0.15, 0.2) is 0 Å². The molecule has 0 fully saturated rings. The molecule has 0 bridgehead atoms. The number of rotatable bonds is 4. The van der Waals surface area contributed by atoms with E-state index >= 15 is 0 Å². The molecule has 0 atom stereocenters. The van der Waals surface area contributed by atoms with Gasteiger partial charge in [-0.15, -0.1) is 23.8 Å². The third kappa shape index (κ3) is 6.12. The Kier molecular flexibility index (Phi) is 8.06. The molecule has 37 heavy (non-hydrogen) atoms. The van der Waals surface area contributed by atoms with E-state index in [1.165, 1.54) is 11.1 Å². The van der Waals surface area contributed by atoms with E-state index in [1.54, 1.807) is 0 Å². The monoisotopic (exact) mass is 673 g/mol. The molecule has 0 N–H and O–H groups in total. The second-order valence-electron chi connectivity index (χ2n) is 12.4. The Morgan fingerprint density at radius 2 is 1.43 bits per heavy atom. The SMILES string of the molecule is Cc1c[c-]c(-c2cc(C(C)(C)C)cc(C(C)(C)c3ccn(-c4[c-]ccc(C(C)(C)C)c4)n3)n2)c(C)n1.[Pt+2]. The summed E-state index contributed by atoms with van der Waals surface area (Å²) in [5.41, 5.74) is 8.75. The molecule has 4 aromatic rings.